The summed E-state index contributed by atoms with van der Waals surface area (Å²) in [6.45, 7) is 0. The summed E-state index contributed by atoms with van der Waals surface area (Å²) in [6.07, 6.45) is 12.9. The third kappa shape index (κ3) is 2.50. The van der Waals surface area contributed by atoms with Crippen LogP contribution in [0.15, 0.2) is 16.8 Å². The second-order valence-corrected chi connectivity index (χ2v) is 5.91. The first-order valence-electron chi connectivity index (χ1n) is 7.39. The van der Waals surface area contributed by atoms with Gasteiger partial charge in [-0.05, 0) is 37.2 Å². The average molecular weight is 246 g/mol. The summed E-state index contributed by atoms with van der Waals surface area (Å²) in [4.78, 5) is 16.2. The molecule has 0 aromatic carbocycles. The smallest absolute Gasteiger partial charge is 0.228 e. The normalized spacial score (nSPS) is 25.3. The zero-order valence-corrected chi connectivity index (χ0v) is 11.0. The Morgan fingerprint density at radius 3 is 2.56 bits per heavy atom. The molecule has 2 saturated carbocycles. The van der Waals surface area contributed by atoms with Crippen LogP contribution < -0.4 is 5.32 Å². The number of hydrogen-bond acceptors (Lipinski definition) is 2. The maximum absolute atomic E-state index is 11.8. The maximum Gasteiger partial charge on any atom is 0.228 e. The molecule has 0 bridgehead atoms. The maximum atomic E-state index is 11.8. The average Bonchev–Trinajstić information content (AvgIpc) is 2.76. The van der Waals surface area contributed by atoms with Crippen LogP contribution in [0.3, 0.4) is 0 Å². The Morgan fingerprint density at radius 1 is 1.11 bits per heavy atom. The van der Waals surface area contributed by atoms with Gasteiger partial charge >= 0.3 is 0 Å². The Balaban J connectivity index is 1.48. The lowest BCUT2D eigenvalue weighted by Gasteiger charge is -2.25. The molecule has 0 aromatic rings. The van der Waals surface area contributed by atoms with E-state index in [1.54, 1.807) is 0 Å². The van der Waals surface area contributed by atoms with Gasteiger partial charge in [0.15, 0.2) is 0 Å². The highest BCUT2D eigenvalue weighted by molar-refractivity contribution is 6.01. The van der Waals surface area contributed by atoms with E-state index in [0.29, 0.717) is 0 Å². The van der Waals surface area contributed by atoms with E-state index < -0.39 is 0 Å². The molecule has 98 valence electrons. The topological polar surface area (TPSA) is 41.5 Å². The van der Waals surface area contributed by atoms with Crippen LogP contribution in [0.2, 0.25) is 0 Å². The van der Waals surface area contributed by atoms with Gasteiger partial charge in [0.25, 0.3) is 0 Å². The number of hydrogen-bond donors (Lipinski definition) is 1. The summed E-state index contributed by atoms with van der Waals surface area (Å²) in [5, 5.41) is 3.01. The first kappa shape index (κ1) is 11.9. The SMILES string of the molecule is O=C(NC1=NC=C(C2CCCCC2)C1)C1CCC1. The van der Waals surface area contributed by atoms with Crippen molar-refractivity contribution in [3.8, 4) is 0 Å². The number of amidine groups is 1. The minimum atomic E-state index is 0.193. The number of nitrogens with one attached hydrogen (secondary N) is 1. The van der Waals surface area contributed by atoms with Crippen LogP contribution in [-0.4, -0.2) is 11.7 Å². The van der Waals surface area contributed by atoms with Crippen molar-refractivity contribution in [3.05, 3.63) is 11.8 Å². The zero-order valence-electron chi connectivity index (χ0n) is 11.0. The summed E-state index contributed by atoms with van der Waals surface area (Å²) >= 11 is 0. The van der Waals surface area contributed by atoms with Crippen LogP contribution in [0, 0.1) is 11.8 Å². The van der Waals surface area contributed by atoms with Crippen molar-refractivity contribution in [1.29, 1.82) is 0 Å². The highest BCUT2D eigenvalue weighted by Crippen LogP contribution is 2.33. The molecule has 3 rings (SSSR count). The van der Waals surface area contributed by atoms with Gasteiger partial charge in [-0.25, -0.2) is 4.99 Å². The van der Waals surface area contributed by atoms with Gasteiger partial charge in [-0.1, -0.05) is 25.7 Å². The van der Waals surface area contributed by atoms with Gasteiger partial charge in [0.05, 0.1) is 0 Å². The molecule has 3 nitrogen and oxygen atoms in total. The van der Waals surface area contributed by atoms with Gasteiger partial charge in [0.2, 0.25) is 5.91 Å². The van der Waals surface area contributed by atoms with Crippen molar-refractivity contribution in [1.82, 2.24) is 5.32 Å². The van der Waals surface area contributed by atoms with Crippen LogP contribution >= 0.6 is 0 Å². The lowest BCUT2D eigenvalue weighted by molar-refractivity contribution is -0.125. The van der Waals surface area contributed by atoms with E-state index in [4.69, 9.17) is 0 Å². The Kier molecular flexibility index (Phi) is 3.48. The minimum absolute atomic E-state index is 0.193. The summed E-state index contributed by atoms with van der Waals surface area (Å²) < 4.78 is 0. The second-order valence-electron chi connectivity index (χ2n) is 5.91. The predicted octanol–water partition coefficient (Wildman–Crippen LogP) is 3.17. The molecule has 2 aliphatic carbocycles. The van der Waals surface area contributed by atoms with Crippen LogP contribution in [-0.2, 0) is 4.79 Å². The number of aliphatic imine (C=N–C) groups is 1. The standard InChI is InChI=1S/C15H22N2O/c18-15(12-7-4-8-12)17-14-9-13(10-16-14)11-5-2-1-3-6-11/h10-12H,1-9H2,(H,16,17,18). The molecule has 0 atom stereocenters. The molecule has 0 aromatic heterocycles. The molecule has 2 fully saturated rings. The zero-order chi connectivity index (χ0) is 12.4. The molecular formula is C15H22N2O. The Morgan fingerprint density at radius 2 is 1.89 bits per heavy atom. The van der Waals surface area contributed by atoms with Crippen LogP contribution in [0.1, 0.15) is 57.8 Å². The Bertz CT molecular complexity index is 387. The largest absolute Gasteiger partial charge is 0.314 e. The highest BCUT2D eigenvalue weighted by Gasteiger charge is 2.28. The molecule has 3 aliphatic rings. The molecule has 1 heterocycles. The van der Waals surface area contributed by atoms with Gasteiger partial charge in [-0.15, -0.1) is 0 Å². The quantitative estimate of drug-likeness (QED) is 0.799. The third-order valence-corrected chi connectivity index (χ3v) is 4.63. The van der Waals surface area contributed by atoms with E-state index in [1.807, 2.05) is 6.20 Å². The van der Waals surface area contributed by atoms with E-state index in [0.717, 1.165) is 31.0 Å². The molecule has 0 spiro atoms. The summed E-state index contributed by atoms with van der Waals surface area (Å²) in [7, 11) is 0. The number of carbonyl (C=O) groups is 1. The second kappa shape index (κ2) is 5.25. The molecule has 18 heavy (non-hydrogen) atoms. The van der Waals surface area contributed by atoms with Crippen molar-refractivity contribution in [2.24, 2.45) is 16.8 Å². The van der Waals surface area contributed by atoms with Crippen LogP contribution in [0.5, 0.6) is 0 Å². The molecule has 1 N–H and O–H groups in total. The fraction of sp³-hybridized carbons (Fsp3) is 0.733. The lowest BCUT2D eigenvalue weighted by Crippen LogP contribution is -2.38. The molecule has 3 heteroatoms. The van der Waals surface area contributed by atoms with Gasteiger partial charge in [-0.3, -0.25) is 4.79 Å². The third-order valence-electron chi connectivity index (χ3n) is 4.63. The fourth-order valence-electron chi connectivity index (χ4n) is 3.16. The number of rotatable bonds is 2. The van der Waals surface area contributed by atoms with E-state index >= 15 is 0 Å². The first-order chi connectivity index (χ1) is 8.83. The first-order valence-corrected chi connectivity index (χ1v) is 7.39. The van der Waals surface area contributed by atoms with E-state index in [2.05, 4.69) is 10.3 Å². The monoisotopic (exact) mass is 246 g/mol. The van der Waals surface area contributed by atoms with Gasteiger partial charge in [0, 0.05) is 18.5 Å². The number of amides is 1. The molecule has 0 radical (unpaired) electrons. The van der Waals surface area contributed by atoms with Crippen molar-refractivity contribution in [3.63, 3.8) is 0 Å². The van der Waals surface area contributed by atoms with Crippen LogP contribution in [0.4, 0.5) is 0 Å². The predicted molar refractivity (Wildman–Crippen MR) is 72.2 cm³/mol. The lowest BCUT2D eigenvalue weighted by atomic mass is 9.83. The van der Waals surface area contributed by atoms with Crippen molar-refractivity contribution >= 4 is 11.7 Å². The molecule has 0 unspecified atom stereocenters. The van der Waals surface area contributed by atoms with E-state index in [-0.39, 0.29) is 11.8 Å². The van der Waals surface area contributed by atoms with Gasteiger partial charge in [0.1, 0.15) is 5.84 Å². The van der Waals surface area contributed by atoms with Crippen molar-refractivity contribution < 1.29 is 4.79 Å². The fourth-order valence-corrected chi connectivity index (χ4v) is 3.16. The van der Waals surface area contributed by atoms with Gasteiger partial charge < -0.3 is 5.32 Å². The number of carbonyl (C=O) groups excluding carboxylic acids is 1. The van der Waals surface area contributed by atoms with Crippen LogP contribution in [0.25, 0.3) is 0 Å². The van der Waals surface area contributed by atoms with Crippen molar-refractivity contribution in [2.75, 3.05) is 0 Å². The molecule has 0 saturated heterocycles. The summed E-state index contributed by atoms with van der Waals surface area (Å²) in [6, 6.07) is 0. The summed E-state index contributed by atoms with van der Waals surface area (Å²) in [5.41, 5.74) is 1.44. The summed E-state index contributed by atoms with van der Waals surface area (Å²) in [5.74, 6) is 2.05. The van der Waals surface area contributed by atoms with Crippen molar-refractivity contribution in [2.45, 2.75) is 57.8 Å². The van der Waals surface area contributed by atoms with E-state index in [1.165, 1.54) is 44.1 Å². The Labute approximate surface area is 109 Å². The van der Waals surface area contributed by atoms with E-state index in [9.17, 15) is 4.79 Å². The Hall–Kier alpha value is -1.12. The minimum Gasteiger partial charge on any atom is -0.314 e. The highest BCUT2D eigenvalue weighted by atomic mass is 16.2. The molecule has 1 amide bonds. The van der Waals surface area contributed by atoms with Gasteiger partial charge in [-0.2, -0.15) is 0 Å². The molecular weight excluding hydrogens is 224 g/mol. The molecule has 1 aliphatic heterocycles. The number of nitrogens with zero attached hydrogens (tertiary/aromatic N) is 1.